The zero-order valence-corrected chi connectivity index (χ0v) is 10.7. The van der Waals surface area contributed by atoms with E-state index >= 15 is 0 Å². The van der Waals surface area contributed by atoms with Gasteiger partial charge in [0.15, 0.2) is 0 Å². The van der Waals surface area contributed by atoms with Crippen LogP contribution in [-0.2, 0) is 0 Å². The van der Waals surface area contributed by atoms with E-state index in [4.69, 9.17) is 23.2 Å². The number of nitrogens with zero attached hydrogens (tertiary/aromatic N) is 1. The summed E-state index contributed by atoms with van der Waals surface area (Å²) in [6.07, 6.45) is 0. The van der Waals surface area contributed by atoms with Gasteiger partial charge in [0, 0.05) is 12.1 Å². The molecule has 5 heteroatoms. The van der Waals surface area contributed by atoms with Crippen LogP contribution >= 0.6 is 23.2 Å². The van der Waals surface area contributed by atoms with Gasteiger partial charge in [0.05, 0.1) is 4.92 Å². The zero-order chi connectivity index (χ0) is 13.1. The predicted molar refractivity (Wildman–Crippen MR) is 73.0 cm³/mol. The fourth-order valence-electron chi connectivity index (χ4n) is 1.72. The van der Waals surface area contributed by atoms with Gasteiger partial charge in [-0.15, -0.1) is 23.2 Å². The molecule has 0 unspecified atom stereocenters. The van der Waals surface area contributed by atoms with Crippen molar-refractivity contribution in [2.24, 2.45) is 0 Å². The van der Waals surface area contributed by atoms with Gasteiger partial charge in [-0.25, -0.2) is 0 Å². The molecule has 0 spiro atoms. The molecule has 0 aliphatic rings. The normalized spacial score (nSPS) is 10.6. The van der Waals surface area contributed by atoms with E-state index in [1.807, 2.05) is 30.3 Å². The third-order valence-electron chi connectivity index (χ3n) is 2.57. The average molecular weight is 282 g/mol. The lowest BCUT2D eigenvalue weighted by Crippen LogP contribution is -1.93. The van der Waals surface area contributed by atoms with E-state index in [-0.39, 0.29) is 5.69 Å². The number of alkyl halides is 2. The maximum absolute atomic E-state index is 10.7. The van der Waals surface area contributed by atoms with E-state index in [0.29, 0.717) is 5.56 Å². The third-order valence-corrected chi connectivity index (χ3v) is 3.04. The van der Waals surface area contributed by atoms with Crippen LogP contribution in [0.25, 0.3) is 11.1 Å². The summed E-state index contributed by atoms with van der Waals surface area (Å²) < 4.78 is 0. The van der Waals surface area contributed by atoms with E-state index in [2.05, 4.69) is 0 Å². The number of rotatable bonds is 3. The summed E-state index contributed by atoms with van der Waals surface area (Å²) in [5, 5.41) is 10.7. The van der Waals surface area contributed by atoms with Crippen LogP contribution in [0.3, 0.4) is 0 Å². The van der Waals surface area contributed by atoms with Crippen LogP contribution in [0.15, 0.2) is 48.5 Å². The Morgan fingerprint density at radius 1 is 1.06 bits per heavy atom. The monoisotopic (exact) mass is 281 g/mol. The molecule has 2 rings (SSSR count). The first-order valence-corrected chi connectivity index (χ1v) is 6.09. The summed E-state index contributed by atoms with van der Waals surface area (Å²) in [6, 6.07) is 14.0. The van der Waals surface area contributed by atoms with Gasteiger partial charge in [0.2, 0.25) is 0 Å². The van der Waals surface area contributed by atoms with Gasteiger partial charge in [-0.05, 0) is 22.8 Å². The van der Waals surface area contributed by atoms with Gasteiger partial charge in [-0.2, -0.15) is 0 Å². The zero-order valence-electron chi connectivity index (χ0n) is 9.22. The Morgan fingerprint density at radius 2 is 1.72 bits per heavy atom. The minimum Gasteiger partial charge on any atom is -0.258 e. The highest BCUT2D eigenvalue weighted by Crippen LogP contribution is 2.36. The van der Waals surface area contributed by atoms with Crippen LogP contribution < -0.4 is 0 Å². The van der Waals surface area contributed by atoms with Crippen LogP contribution in [0.4, 0.5) is 5.69 Å². The van der Waals surface area contributed by atoms with Crippen molar-refractivity contribution in [3.63, 3.8) is 0 Å². The second-order valence-corrected chi connectivity index (χ2v) is 4.79. The maximum Gasteiger partial charge on any atom is 0.269 e. The Balaban J connectivity index is 2.58. The van der Waals surface area contributed by atoms with Crippen LogP contribution in [0, 0.1) is 10.1 Å². The number of nitro benzene ring substituents is 1. The lowest BCUT2D eigenvalue weighted by molar-refractivity contribution is -0.384. The molecule has 0 saturated heterocycles. The van der Waals surface area contributed by atoms with Gasteiger partial charge in [-0.3, -0.25) is 10.1 Å². The molecule has 0 radical (unpaired) electrons. The number of benzene rings is 2. The van der Waals surface area contributed by atoms with Crippen molar-refractivity contribution in [3.8, 4) is 11.1 Å². The second-order valence-electron chi connectivity index (χ2n) is 3.70. The molecule has 0 amide bonds. The van der Waals surface area contributed by atoms with Gasteiger partial charge < -0.3 is 0 Å². The molecule has 0 aliphatic carbocycles. The number of non-ortho nitro benzene ring substituents is 1. The number of nitro groups is 1. The summed E-state index contributed by atoms with van der Waals surface area (Å²) in [7, 11) is 0. The number of hydrogen-bond donors (Lipinski definition) is 0. The Kier molecular flexibility index (Phi) is 3.84. The highest BCUT2D eigenvalue weighted by Gasteiger charge is 2.16. The van der Waals surface area contributed by atoms with Crippen molar-refractivity contribution in [2.45, 2.75) is 4.84 Å². The van der Waals surface area contributed by atoms with Crippen LogP contribution in [0.5, 0.6) is 0 Å². The third kappa shape index (κ3) is 2.63. The number of halogens is 2. The summed E-state index contributed by atoms with van der Waals surface area (Å²) in [6.45, 7) is 0. The highest BCUT2D eigenvalue weighted by atomic mass is 35.5. The summed E-state index contributed by atoms with van der Waals surface area (Å²) >= 11 is 11.8. The van der Waals surface area contributed by atoms with Crippen LogP contribution in [-0.4, -0.2) is 4.92 Å². The van der Waals surface area contributed by atoms with Crippen molar-refractivity contribution in [2.75, 3.05) is 0 Å². The molecule has 3 nitrogen and oxygen atoms in total. The molecule has 0 fully saturated rings. The van der Waals surface area contributed by atoms with Crippen molar-refractivity contribution in [1.82, 2.24) is 0 Å². The molecule has 0 aromatic heterocycles. The lowest BCUT2D eigenvalue weighted by atomic mass is 10.00. The molecule has 0 aliphatic heterocycles. The van der Waals surface area contributed by atoms with Crippen molar-refractivity contribution >= 4 is 28.9 Å². The molecule has 2 aromatic rings. The summed E-state index contributed by atoms with van der Waals surface area (Å²) in [5.74, 6) is 0. The minimum absolute atomic E-state index is 0.0176. The lowest BCUT2D eigenvalue weighted by Gasteiger charge is -2.10. The van der Waals surface area contributed by atoms with E-state index < -0.39 is 9.76 Å². The molecule has 0 N–H and O–H groups in total. The first kappa shape index (κ1) is 12.9. The van der Waals surface area contributed by atoms with E-state index in [1.54, 1.807) is 6.07 Å². The fraction of sp³-hybridized carbons (Fsp3) is 0.0769. The molecule has 92 valence electrons. The van der Waals surface area contributed by atoms with Gasteiger partial charge in [0.25, 0.3) is 5.69 Å². The van der Waals surface area contributed by atoms with Crippen molar-refractivity contribution < 1.29 is 4.92 Å². The van der Waals surface area contributed by atoms with Crippen LogP contribution in [0.2, 0.25) is 0 Å². The molecule has 0 atom stereocenters. The first-order valence-electron chi connectivity index (χ1n) is 5.21. The van der Waals surface area contributed by atoms with Gasteiger partial charge in [-0.1, -0.05) is 30.3 Å². The smallest absolute Gasteiger partial charge is 0.258 e. The summed E-state index contributed by atoms with van der Waals surface area (Å²) in [4.78, 5) is 9.47. The Bertz CT molecular complexity index is 570. The molecule has 2 aromatic carbocycles. The Hall–Kier alpha value is -1.58. The standard InChI is InChI=1S/C13H9Cl2NO2/c14-13(15)12-8-10(16(17)18)6-7-11(12)9-4-2-1-3-5-9/h1-8,13H. The van der Waals surface area contributed by atoms with Gasteiger partial charge in [0.1, 0.15) is 4.84 Å². The van der Waals surface area contributed by atoms with E-state index in [9.17, 15) is 10.1 Å². The van der Waals surface area contributed by atoms with Gasteiger partial charge >= 0.3 is 0 Å². The summed E-state index contributed by atoms with van der Waals surface area (Å²) in [5.41, 5.74) is 2.25. The predicted octanol–water partition coefficient (Wildman–Crippen LogP) is 4.74. The van der Waals surface area contributed by atoms with E-state index in [0.717, 1.165) is 11.1 Å². The SMILES string of the molecule is O=[N+]([O-])c1ccc(-c2ccccc2)c(C(Cl)Cl)c1. The molecule has 0 heterocycles. The fourth-order valence-corrected chi connectivity index (χ4v) is 2.09. The van der Waals surface area contributed by atoms with Crippen LogP contribution in [0.1, 0.15) is 10.4 Å². The molecule has 0 saturated carbocycles. The quantitative estimate of drug-likeness (QED) is 0.463. The average Bonchev–Trinajstić information content (AvgIpc) is 2.39. The topological polar surface area (TPSA) is 43.1 Å². The Labute approximate surface area is 114 Å². The Morgan fingerprint density at radius 3 is 2.28 bits per heavy atom. The van der Waals surface area contributed by atoms with Crippen molar-refractivity contribution in [1.29, 1.82) is 0 Å². The highest BCUT2D eigenvalue weighted by molar-refractivity contribution is 6.44. The second kappa shape index (κ2) is 5.38. The maximum atomic E-state index is 10.7. The molecular formula is C13H9Cl2NO2. The largest absolute Gasteiger partial charge is 0.269 e. The van der Waals surface area contributed by atoms with Crippen molar-refractivity contribution in [3.05, 3.63) is 64.2 Å². The molecule has 0 bridgehead atoms. The first-order chi connectivity index (χ1) is 8.59. The number of hydrogen-bond acceptors (Lipinski definition) is 2. The molecular weight excluding hydrogens is 273 g/mol. The minimum atomic E-state index is -0.805. The van der Waals surface area contributed by atoms with E-state index in [1.165, 1.54) is 12.1 Å². The molecule has 18 heavy (non-hydrogen) atoms.